The van der Waals surface area contributed by atoms with Crippen LogP contribution < -0.4 is 14.2 Å². The maximum absolute atomic E-state index is 5.95. The van der Waals surface area contributed by atoms with E-state index >= 15 is 0 Å². The van der Waals surface area contributed by atoms with Crippen LogP contribution in [0.5, 0.6) is 17.4 Å². The number of hydrogen-bond donors (Lipinski definition) is 0. The van der Waals surface area contributed by atoms with E-state index < -0.39 is 0 Å². The molecule has 0 aliphatic rings. The van der Waals surface area contributed by atoms with Gasteiger partial charge in [0.05, 0.1) is 31.2 Å². The van der Waals surface area contributed by atoms with Crippen molar-refractivity contribution in [2.75, 3.05) is 14.2 Å². The summed E-state index contributed by atoms with van der Waals surface area (Å²) in [6, 6.07) is 11.9. The number of benzene rings is 2. The molecule has 0 aliphatic heterocycles. The maximum atomic E-state index is 5.95. The topological polar surface area (TPSA) is 53.5 Å². The Labute approximate surface area is 147 Å². The zero-order chi connectivity index (χ0) is 17.8. The van der Waals surface area contributed by atoms with Crippen molar-refractivity contribution in [1.82, 2.24) is 9.97 Å². The number of aromatic nitrogens is 2. The molecule has 130 valence electrons. The third kappa shape index (κ3) is 3.50. The average Bonchev–Trinajstić information content (AvgIpc) is 2.67. The lowest BCUT2D eigenvalue weighted by Crippen LogP contribution is -2.11. The predicted molar refractivity (Wildman–Crippen MR) is 98.5 cm³/mol. The fourth-order valence-electron chi connectivity index (χ4n) is 2.60. The highest BCUT2D eigenvalue weighted by Gasteiger charge is 2.11. The summed E-state index contributed by atoms with van der Waals surface area (Å²) >= 11 is 0. The zero-order valence-electron chi connectivity index (χ0n) is 14.9. The van der Waals surface area contributed by atoms with Crippen molar-refractivity contribution in [2.24, 2.45) is 0 Å². The first kappa shape index (κ1) is 17.0. The van der Waals surface area contributed by atoms with Gasteiger partial charge in [-0.05, 0) is 48.7 Å². The normalized spacial score (nSPS) is 12.0. The fourth-order valence-corrected chi connectivity index (χ4v) is 2.60. The molecular weight excluding hydrogens is 316 g/mol. The largest absolute Gasteiger partial charge is 0.493 e. The van der Waals surface area contributed by atoms with Gasteiger partial charge in [-0.25, -0.2) is 9.97 Å². The number of hydrogen-bond acceptors (Lipinski definition) is 5. The summed E-state index contributed by atoms with van der Waals surface area (Å²) in [7, 11) is 3.26. The highest BCUT2D eigenvalue weighted by Crippen LogP contribution is 2.34. The van der Waals surface area contributed by atoms with Crippen molar-refractivity contribution in [3.8, 4) is 28.5 Å². The second kappa shape index (κ2) is 7.38. The van der Waals surface area contributed by atoms with Crippen molar-refractivity contribution in [3.05, 3.63) is 42.7 Å². The maximum Gasteiger partial charge on any atom is 0.224 e. The highest BCUT2D eigenvalue weighted by atomic mass is 16.5. The predicted octanol–water partition coefficient (Wildman–Crippen LogP) is 4.49. The number of methoxy groups -OCH3 is 2. The minimum absolute atomic E-state index is 0.0998. The molecule has 0 bridgehead atoms. The molecule has 1 atom stereocenters. The van der Waals surface area contributed by atoms with E-state index in [2.05, 4.69) is 16.9 Å². The lowest BCUT2D eigenvalue weighted by atomic mass is 10.0. The fraction of sp³-hybridized carbons (Fsp3) is 0.300. The van der Waals surface area contributed by atoms with Crippen molar-refractivity contribution in [2.45, 2.75) is 26.4 Å². The van der Waals surface area contributed by atoms with Crippen LogP contribution in [0, 0.1) is 0 Å². The van der Waals surface area contributed by atoms with Gasteiger partial charge in [-0.3, -0.25) is 0 Å². The molecule has 0 N–H and O–H groups in total. The van der Waals surface area contributed by atoms with E-state index in [1.165, 1.54) is 6.33 Å². The van der Waals surface area contributed by atoms with E-state index in [0.717, 1.165) is 28.5 Å². The molecule has 1 aromatic heterocycles. The molecule has 1 heterocycles. The molecule has 0 fully saturated rings. The molecule has 1 unspecified atom stereocenters. The van der Waals surface area contributed by atoms with Gasteiger partial charge >= 0.3 is 0 Å². The van der Waals surface area contributed by atoms with Gasteiger partial charge in [0.1, 0.15) is 6.33 Å². The quantitative estimate of drug-likeness (QED) is 0.663. The monoisotopic (exact) mass is 338 g/mol. The third-order valence-electron chi connectivity index (χ3n) is 4.20. The highest BCUT2D eigenvalue weighted by molar-refractivity contribution is 5.88. The Morgan fingerprint density at radius 2 is 1.64 bits per heavy atom. The van der Waals surface area contributed by atoms with Gasteiger partial charge < -0.3 is 14.2 Å². The summed E-state index contributed by atoms with van der Waals surface area (Å²) in [6.45, 7) is 4.12. The van der Waals surface area contributed by atoms with Crippen LogP contribution in [0.2, 0.25) is 0 Å². The molecule has 0 saturated heterocycles. The van der Waals surface area contributed by atoms with E-state index in [-0.39, 0.29) is 6.10 Å². The number of fused-ring (bicyclic) bond motifs is 1. The molecule has 5 nitrogen and oxygen atoms in total. The van der Waals surface area contributed by atoms with Gasteiger partial charge in [0, 0.05) is 0 Å². The Balaban J connectivity index is 2.07. The van der Waals surface area contributed by atoms with Gasteiger partial charge in [0.15, 0.2) is 11.5 Å². The van der Waals surface area contributed by atoms with Crippen molar-refractivity contribution < 1.29 is 14.2 Å². The summed E-state index contributed by atoms with van der Waals surface area (Å²) in [5, 5.41) is 0.898. The van der Waals surface area contributed by atoms with E-state index in [4.69, 9.17) is 14.2 Å². The molecule has 0 aliphatic carbocycles. The SMILES string of the molecule is CCC(C)Oc1ncnc2ccc(-c3ccc(OC)c(OC)c3)cc12. The molecular formula is C20H22N2O3. The van der Waals surface area contributed by atoms with Crippen LogP contribution in [0.15, 0.2) is 42.7 Å². The molecule has 3 rings (SSSR count). The second-order valence-electron chi connectivity index (χ2n) is 5.82. The van der Waals surface area contributed by atoms with Gasteiger partial charge in [-0.1, -0.05) is 19.1 Å². The van der Waals surface area contributed by atoms with Crippen LogP contribution in [0.25, 0.3) is 22.0 Å². The lowest BCUT2D eigenvalue weighted by Gasteiger charge is -2.14. The van der Waals surface area contributed by atoms with Gasteiger partial charge in [0.2, 0.25) is 5.88 Å². The first-order valence-electron chi connectivity index (χ1n) is 8.30. The number of nitrogens with zero attached hydrogens (tertiary/aromatic N) is 2. The minimum Gasteiger partial charge on any atom is -0.493 e. The molecule has 0 amide bonds. The first-order valence-corrected chi connectivity index (χ1v) is 8.30. The smallest absolute Gasteiger partial charge is 0.224 e. The second-order valence-corrected chi connectivity index (χ2v) is 5.82. The van der Waals surface area contributed by atoms with E-state index in [1.54, 1.807) is 14.2 Å². The van der Waals surface area contributed by atoms with Crippen molar-refractivity contribution >= 4 is 10.9 Å². The number of rotatable bonds is 6. The molecule has 25 heavy (non-hydrogen) atoms. The van der Waals surface area contributed by atoms with E-state index in [0.29, 0.717) is 17.4 Å². The Morgan fingerprint density at radius 1 is 0.920 bits per heavy atom. The summed E-state index contributed by atoms with van der Waals surface area (Å²) in [4.78, 5) is 8.65. The summed E-state index contributed by atoms with van der Waals surface area (Å²) in [6.07, 6.45) is 2.56. The lowest BCUT2D eigenvalue weighted by molar-refractivity contribution is 0.211. The van der Waals surface area contributed by atoms with E-state index in [1.807, 2.05) is 43.3 Å². The van der Waals surface area contributed by atoms with Gasteiger partial charge in [-0.2, -0.15) is 0 Å². The Bertz CT molecular complexity index is 880. The Hall–Kier alpha value is -2.82. The molecule has 2 aromatic carbocycles. The Kier molecular flexibility index (Phi) is 5.03. The molecule has 0 saturated carbocycles. The van der Waals surface area contributed by atoms with Crippen LogP contribution in [0.3, 0.4) is 0 Å². The van der Waals surface area contributed by atoms with E-state index in [9.17, 15) is 0 Å². The first-order chi connectivity index (χ1) is 12.2. The van der Waals surface area contributed by atoms with Crippen LogP contribution in [0.1, 0.15) is 20.3 Å². The summed E-state index contributed by atoms with van der Waals surface area (Å²) in [5.74, 6) is 2.01. The van der Waals surface area contributed by atoms with Crippen LogP contribution in [-0.4, -0.2) is 30.3 Å². The summed E-state index contributed by atoms with van der Waals surface area (Å²) < 4.78 is 16.7. The molecule has 5 heteroatoms. The zero-order valence-corrected chi connectivity index (χ0v) is 14.9. The third-order valence-corrected chi connectivity index (χ3v) is 4.20. The molecule has 3 aromatic rings. The Morgan fingerprint density at radius 3 is 2.36 bits per heavy atom. The average molecular weight is 338 g/mol. The van der Waals surface area contributed by atoms with Gasteiger partial charge in [-0.15, -0.1) is 0 Å². The molecule has 0 radical (unpaired) electrons. The standard InChI is InChI=1S/C20H22N2O3/c1-5-13(2)25-20-16-10-14(6-8-17(16)21-12-22-20)15-7-9-18(23-3)19(11-15)24-4/h6-13H,5H2,1-4H3. The van der Waals surface area contributed by atoms with Crippen molar-refractivity contribution in [3.63, 3.8) is 0 Å². The van der Waals surface area contributed by atoms with Crippen LogP contribution in [-0.2, 0) is 0 Å². The minimum atomic E-state index is 0.0998. The van der Waals surface area contributed by atoms with Gasteiger partial charge in [0.25, 0.3) is 0 Å². The van der Waals surface area contributed by atoms with Crippen molar-refractivity contribution in [1.29, 1.82) is 0 Å². The van der Waals surface area contributed by atoms with Crippen LogP contribution in [0.4, 0.5) is 0 Å². The summed E-state index contributed by atoms with van der Waals surface area (Å²) in [5.41, 5.74) is 2.92. The van der Waals surface area contributed by atoms with Crippen LogP contribution >= 0.6 is 0 Å². The molecule has 0 spiro atoms. The number of ether oxygens (including phenoxy) is 3.